The number of hydrogen-bond acceptors (Lipinski definition) is 2. The summed E-state index contributed by atoms with van der Waals surface area (Å²) in [5, 5.41) is 2.61. The van der Waals surface area contributed by atoms with Gasteiger partial charge in [0.05, 0.1) is 6.54 Å². The predicted octanol–water partition coefficient (Wildman–Crippen LogP) is 5.02. The van der Waals surface area contributed by atoms with Gasteiger partial charge in [0.15, 0.2) is 11.6 Å². The summed E-state index contributed by atoms with van der Waals surface area (Å²) in [7, 11) is 1.58. The summed E-state index contributed by atoms with van der Waals surface area (Å²) in [6.07, 6.45) is 2.47. The highest BCUT2D eigenvalue weighted by molar-refractivity contribution is 5.89. The number of halogens is 3. The molecule has 2 aromatic carbocycles. The standard InChI is InChI=1S/C23H24F3N3O2/c1-31-12-4-11-29(23(30)27-19-8-9-21(25)22(26)14-19)16-20-7-3-10-28(20)15-17-5-2-6-18(24)13-17/h2-3,5-10,13-14H,4,11-12,15-16H2,1H3,(H,27,30). The van der Waals surface area contributed by atoms with Crippen LogP contribution in [0.5, 0.6) is 0 Å². The van der Waals surface area contributed by atoms with Gasteiger partial charge in [-0.15, -0.1) is 0 Å². The highest BCUT2D eigenvalue weighted by Crippen LogP contribution is 2.16. The minimum Gasteiger partial charge on any atom is -0.385 e. The summed E-state index contributed by atoms with van der Waals surface area (Å²) in [5.74, 6) is -2.32. The lowest BCUT2D eigenvalue weighted by molar-refractivity contribution is 0.171. The molecule has 0 fully saturated rings. The summed E-state index contributed by atoms with van der Waals surface area (Å²) < 4.78 is 47.2. The molecular formula is C23H24F3N3O2. The van der Waals surface area contributed by atoms with E-state index in [4.69, 9.17) is 4.74 Å². The van der Waals surface area contributed by atoms with E-state index < -0.39 is 17.7 Å². The molecule has 1 aromatic heterocycles. The van der Waals surface area contributed by atoms with E-state index in [0.29, 0.717) is 26.1 Å². The molecule has 0 saturated heterocycles. The number of methoxy groups -OCH3 is 1. The molecule has 8 heteroatoms. The second kappa shape index (κ2) is 10.7. The number of nitrogens with one attached hydrogen (secondary N) is 1. The van der Waals surface area contributed by atoms with Crippen LogP contribution in [0.2, 0.25) is 0 Å². The number of rotatable bonds is 9. The summed E-state index contributed by atoms with van der Waals surface area (Å²) in [4.78, 5) is 14.4. The molecule has 0 saturated carbocycles. The Labute approximate surface area is 179 Å². The van der Waals surface area contributed by atoms with Gasteiger partial charge in [-0.1, -0.05) is 12.1 Å². The summed E-state index contributed by atoms with van der Waals surface area (Å²) in [5.41, 5.74) is 1.81. The molecule has 2 amide bonds. The predicted molar refractivity (Wildman–Crippen MR) is 112 cm³/mol. The zero-order chi connectivity index (χ0) is 22.2. The van der Waals surface area contributed by atoms with Gasteiger partial charge in [0.25, 0.3) is 0 Å². The van der Waals surface area contributed by atoms with Crippen molar-refractivity contribution in [1.82, 2.24) is 9.47 Å². The molecule has 0 bridgehead atoms. The maximum atomic E-state index is 13.5. The van der Waals surface area contributed by atoms with Crippen LogP contribution in [0, 0.1) is 17.5 Å². The molecule has 3 rings (SSSR count). The lowest BCUT2D eigenvalue weighted by Crippen LogP contribution is -2.36. The Morgan fingerprint density at radius 3 is 2.65 bits per heavy atom. The molecule has 0 spiro atoms. The average molecular weight is 431 g/mol. The smallest absolute Gasteiger partial charge is 0.322 e. The molecule has 0 aliphatic heterocycles. The van der Waals surface area contributed by atoms with Crippen LogP contribution in [-0.4, -0.2) is 35.8 Å². The van der Waals surface area contributed by atoms with E-state index >= 15 is 0 Å². The van der Waals surface area contributed by atoms with Gasteiger partial charge in [-0.25, -0.2) is 18.0 Å². The molecule has 5 nitrogen and oxygen atoms in total. The molecule has 0 unspecified atom stereocenters. The first-order valence-corrected chi connectivity index (χ1v) is 9.84. The van der Waals surface area contributed by atoms with Gasteiger partial charge in [-0.05, 0) is 48.4 Å². The lowest BCUT2D eigenvalue weighted by Gasteiger charge is -2.24. The zero-order valence-electron chi connectivity index (χ0n) is 17.2. The minimum atomic E-state index is -1.03. The number of aromatic nitrogens is 1. The van der Waals surface area contributed by atoms with Crippen molar-refractivity contribution in [1.29, 1.82) is 0 Å². The van der Waals surface area contributed by atoms with Crippen molar-refractivity contribution in [2.45, 2.75) is 19.5 Å². The van der Waals surface area contributed by atoms with Crippen molar-refractivity contribution < 1.29 is 22.7 Å². The molecule has 0 aliphatic carbocycles. The number of hydrogen-bond donors (Lipinski definition) is 1. The third kappa shape index (κ3) is 6.36. The monoisotopic (exact) mass is 431 g/mol. The maximum Gasteiger partial charge on any atom is 0.322 e. The second-order valence-electron chi connectivity index (χ2n) is 7.08. The number of carbonyl (C=O) groups excluding carboxylic acids is 1. The van der Waals surface area contributed by atoms with E-state index in [0.717, 1.165) is 23.4 Å². The van der Waals surface area contributed by atoms with Crippen LogP contribution in [0.1, 0.15) is 17.7 Å². The molecule has 0 aliphatic rings. The van der Waals surface area contributed by atoms with E-state index in [1.165, 1.54) is 18.2 Å². The van der Waals surface area contributed by atoms with Crippen molar-refractivity contribution in [2.75, 3.05) is 25.6 Å². The molecule has 31 heavy (non-hydrogen) atoms. The van der Waals surface area contributed by atoms with Gasteiger partial charge in [-0.3, -0.25) is 0 Å². The Balaban J connectivity index is 1.74. The van der Waals surface area contributed by atoms with E-state index in [1.807, 2.05) is 29.0 Å². The van der Waals surface area contributed by atoms with Crippen LogP contribution < -0.4 is 5.32 Å². The summed E-state index contributed by atoms with van der Waals surface area (Å²) in [6, 6.07) is 12.8. The van der Waals surface area contributed by atoms with Gasteiger partial charge in [0.1, 0.15) is 5.82 Å². The quantitative estimate of drug-likeness (QED) is 0.484. The fourth-order valence-electron chi connectivity index (χ4n) is 3.20. The van der Waals surface area contributed by atoms with Crippen molar-refractivity contribution in [3.8, 4) is 0 Å². The first-order chi connectivity index (χ1) is 15.0. The Bertz CT molecular complexity index is 1020. The van der Waals surface area contributed by atoms with Crippen molar-refractivity contribution >= 4 is 11.7 Å². The molecule has 0 atom stereocenters. The Morgan fingerprint density at radius 2 is 1.90 bits per heavy atom. The number of ether oxygens (including phenoxy) is 1. The molecule has 1 heterocycles. The van der Waals surface area contributed by atoms with Gasteiger partial charge < -0.3 is 19.5 Å². The molecular weight excluding hydrogens is 407 g/mol. The SMILES string of the molecule is COCCCN(Cc1cccn1Cc1cccc(F)c1)C(=O)Nc1ccc(F)c(F)c1. The zero-order valence-corrected chi connectivity index (χ0v) is 17.2. The average Bonchev–Trinajstić information content (AvgIpc) is 3.16. The highest BCUT2D eigenvalue weighted by Gasteiger charge is 2.17. The number of amides is 2. The minimum absolute atomic E-state index is 0.163. The summed E-state index contributed by atoms with van der Waals surface area (Å²) >= 11 is 0. The Morgan fingerprint density at radius 1 is 1.06 bits per heavy atom. The second-order valence-corrected chi connectivity index (χ2v) is 7.08. The van der Waals surface area contributed by atoms with Crippen molar-refractivity contribution in [3.63, 3.8) is 0 Å². The van der Waals surface area contributed by atoms with Gasteiger partial charge in [0.2, 0.25) is 0 Å². The van der Waals surface area contributed by atoms with Gasteiger partial charge in [-0.2, -0.15) is 0 Å². The molecule has 1 N–H and O–H groups in total. The van der Waals surface area contributed by atoms with Crippen molar-refractivity contribution in [3.05, 3.63) is 89.5 Å². The van der Waals surface area contributed by atoms with Gasteiger partial charge >= 0.3 is 6.03 Å². The topological polar surface area (TPSA) is 46.5 Å². The Kier molecular flexibility index (Phi) is 7.72. The fourth-order valence-corrected chi connectivity index (χ4v) is 3.20. The van der Waals surface area contributed by atoms with Crippen LogP contribution in [0.3, 0.4) is 0 Å². The normalized spacial score (nSPS) is 10.8. The molecule has 3 aromatic rings. The van der Waals surface area contributed by atoms with Crippen molar-refractivity contribution in [2.24, 2.45) is 0 Å². The number of benzene rings is 2. The first kappa shape index (κ1) is 22.4. The maximum absolute atomic E-state index is 13.5. The fraction of sp³-hybridized carbons (Fsp3) is 0.261. The third-order valence-electron chi connectivity index (χ3n) is 4.75. The van der Waals surface area contributed by atoms with Crippen LogP contribution >= 0.6 is 0 Å². The largest absolute Gasteiger partial charge is 0.385 e. The number of nitrogens with zero attached hydrogens (tertiary/aromatic N) is 2. The van der Waals surface area contributed by atoms with Crippen LogP contribution in [0.15, 0.2) is 60.8 Å². The van der Waals surface area contributed by atoms with Gasteiger partial charge in [0, 0.05) is 50.5 Å². The third-order valence-corrected chi connectivity index (χ3v) is 4.75. The number of urea groups is 1. The van der Waals surface area contributed by atoms with E-state index in [9.17, 15) is 18.0 Å². The lowest BCUT2D eigenvalue weighted by atomic mass is 10.2. The number of carbonyl (C=O) groups is 1. The highest BCUT2D eigenvalue weighted by atomic mass is 19.2. The van der Waals surface area contributed by atoms with Crippen LogP contribution in [0.4, 0.5) is 23.7 Å². The summed E-state index contributed by atoms with van der Waals surface area (Å²) in [6.45, 7) is 1.60. The van der Waals surface area contributed by atoms with E-state index in [1.54, 1.807) is 18.1 Å². The molecule has 0 radical (unpaired) electrons. The van der Waals surface area contributed by atoms with Crippen LogP contribution in [-0.2, 0) is 17.8 Å². The van der Waals surface area contributed by atoms with E-state index in [2.05, 4.69) is 5.32 Å². The Hall–Kier alpha value is -3.26. The number of anilines is 1. The molecule has 164 valence electrons. The van der Waals surface area contributed by atoms with E-state index in [-0.39, 0.29) is 18.0 Å². The van der Waals surface area contributed by atoms with Crippen LogP contribution in [0.25, 0.3) is 0 Å². The first-order valence-electron chi connectivity index (χ1n) is 9.84.